The average molecular weight is 411 g/mol. The molecule has 2 aliphatic rings. The number of Topliss-reactive ketones (excluding diaryl/α,β-unsaturated/α-hetero) is 1. The van der Waals surface area contributed by atoms with Crippen molar-refractivity contribution in [1.29, 1.82) is 0 Å². The van der Waals surface area contributed by atoms with Gasteiger partial charge in [0, 0.05) is 12.5 Å². The summed E-state index contributed by atoms with van der Waals surface area (Å²) < 4.78 is 92.5. The van der Waals surface area contributed by atoms with Crippen LogP contribution < -0.4 is 0 Å². The summed E-state index contributed by atoms with van der Waals surface area (Å²) in [7, 11) is 0. The van der Waals surface area contributed by atoms with Crippen LogP contribution in [0.1, 0.15) is 60.0 Å². The van der Waals surface area contributed by atoms with Crippen molar-refractivity contribution in [2.45, 2.75) is 56.9 Å². The lowest BCUT2D eigenvalue weighted by atomic mass is 9.90. The molecule has 1 aromatic rings. The van der Waals surface area contributed by atoms with Crippen molar-refractivity contribution in [3.63, 3.8) is 0 Å². The highest BCUT2D eigenvalue weighted by molar-refractivity contribution is 5.98. The highest BCUT2D eigenvalue weighted by Crippen LogP contribution is 2.40. The fraction of sp³-hybridized carbons (Fsp3) is 0.632. The molecule has 0 aromatic heterocycles. The molecule has 1 saturated heterocycles. The normalized spacial score (nSPS) is 24.1. The molecule has 0 N–H and O–H groups in total. The summed E-state index contributed by atoms with van der Waals surface area (Å²) in [6, 6.07) is -0.156. The monoisotopic (exact) mass is 411 g/mol. The maximum Gasteiger partial charge on any atom is 0.417 e. The third-order valence-electron chi connectivity index (χ3n) is 5.68. The van der Waals surface area contributed by atoms with Crippen LogP contribution in [0.15, 0.2) is 12.1 Å². The van der Waals surface area contributed by atoms with Gasteiger partial charge >= 0.3 is 12.4 Å². The second-order valence-electron chi connectivity index (χ2n) is 7.50. The molecule has 0 radical (unpaired) electrons. The zero-order valence-electron chi connectivity index (χ0n) is 15.0. The summed E-state index contributed by atoms with van der Waals surface area (Å²) in [5, 5.41) is 0. The number of rotatable bonds is 4. The third kappa shape index (κ3) is 4.34. The van der Waals surface area contributed by atoms with Crippen molar-refractivity contribution >= 4 is 5.78 Å². The molecule has 3 rings (SSSR count). The van der Waals surface area contributed by atoms with Gasteiger partial charge in [-0.2, -0.15) is 26.3 Å². The Kier molecular flexibility index (Phi) is 5.76. The Morgan fingerprint density at radius 2 is 1.61 bits per heavy atom. The quantitative estimate of drug-likeness (QED) is 0.468. The van der Waals surface area contributed by atoms with Gasteiger partial charge in [-0.25, -0.2) is 4.39 Å². The molecule has 1 aromatic carbocycles. The Balaban J connectivity index is 1.90. The van der Waals surface area contributed by atoms with Crippen molar-refractivity contribution in [2.75, 3.05) is 13.1 Å². The van der Waals surface area contributed by atoms with Crippen LogP contribution in [0.3, 0.4) is 0 Å². The van der Waals surface area contributed by atoms with Crippen LogP contribution in [0.4, 0.5) is 30.7 Å². The molecule has 0 spiro atoms. The SMILES string of the molecule is O=C(C[C@H]1CCC[C@H]1N1CCCC1)c1c(F)cc(C(F)(F)F)cc1C(F)(F)F. The number of hydrogen-bond donors (Lipinski definition) is 0. The average Bonchev–Trinajstić information content (AvgIpc) is 3.23. The summed E-state index contributed by atoms with van der Waals surface area (Å²) in [4.78, 5) is 14.8. The molecule has 1 aliphatic carbocycles. The van der Waals surface area contributed by atoms with E-state index in [1.165, 1.54) is 0 Å². The Morgan fingerprint density at radius 3 is 2.18 bits per heavy atom. The zero-order chi connectivity index (χ0) is 20.7. The summed E-state index contributed by atoms with van der Waals surface area (Å²) in [5.41, 5.74) is -4.90. The first-order valence-electron chi connectivity index (χ1n) is 9.23. The molecule has 2 nitrogen and oxygen atoms in total. The van der Waals surface area contributed by atoms with Crippen LogP contribution in [0, 0.1) is 11.7 Å². The maximum absolute atomic E-state index is 14.3. The number of likely N-dealkylation sites (tertiary alicyclic amines) is 1. The predicted molar refractivity (Wildman–Crippen MR) is 87.3 cm³/mol. The van der Waals surface area contributed by atoms with E-state index in [4.69, 9.17) is 0 Å². The number of hydrogen-bond acceptors (Lipinski definition) is 2. The first kappa shape index (κ1) is 21.1. The molecule has 0 unspecified atom stereocenters. The summed E-state index contributed by atoms with van der Waals surface area (Å²) in [5.74, 6) is -3.08. The number of benzene rings is 1. The molecule has 2 atom stereocenters. The van der Waals surface area contributed by atoms with Gasteiger partial charge in [0.15, 0.2) is 5.78 Å². The first-order chi connectivity index (χ1) is 13.0. The van der Waals surface area contributed by atoms with E-state index < -0.39 is 40.6 Å². The van der Waals surface area contributed by atoms with Crippen LogP contribution in [-0.2, 0) is 12.4 Å². The van der Waals surface area contributed by atoms with E-state index in [1.54, 1.807) is 0 Å². The highest BCUT2D eigenvalue weighted by atomic mass is 19.4. The van der Waals surface area contributed by atoms with Crippen molar-refractivity contribution < 1.29 is 35.5 Å². The number of halogens is 7. The smallest absolute Gasteiger partial charge is 0.300 e. The van der Waals surface area contributed by atoms with E-state index >= 15 is 0 Å². The summed E-state index contributed by atoms with van der Waals surface area (Å²) in [6.45, 7) is 1.72. The number of nitrogens with zero attached hydrogens (tertiary/aromatic N) is 1. The Morgan fingerprint density at radius 1 is 0.964 bits per heavy atom. The minimum atomic E-state index is -5.27. The molecule has 156 valence electrons. The third-order valence-corrected chi connectivity index (χ3v) is 5.68. The minimum absolute atomic E-state index is 0.0327. The molecular weight excluding hydrogens is 391 g/mol. The van der Waals surface area contributed by atoms with E-state index in [1.807, 2.05) is 0 Å². The van der Waals surface area contributed by atoms with E-state index in [0.29, 0.717) is 6.42 Å². The number of ketones is 1. The van der Waals surface area contributed by atoms with Gasteiger partial charge in [0.25, 0.3) is 0 Å². The highest BCUT2D eigenvalue weighted by Gasteiger charge is 2.42. The van der Waals surface area contributed by atoms with Gasteiger partial charge in [0.05, 0.1) is 16.7 Å². The maximum atomic E-state index is 14.3. The van der Waals surface area contributed by atoms with Crippen LogP contribution in [0.5, 0.6) is 0 Å². The van der Waals surface area contributed by atoms with E-state index in [0.717, 1.165) is 38.8 Å². The number of alkyl halides is 6. The zero-order valence-corrected chi connectivity index (χ0v) is 15.0. The molecule has 9 heteroatoms. The molecule has 2 fully saturated rings. The molecule has 1 aliphatic heterocycles. The fourth-order valence-electron chi connectivity index (χ4n) is 4.43. The van der Waals surface area contributed by atoms with Crippen molar-refractivity contribution in [3.05, 3.63) is 34.6 Å². The van der Waals surface area contributed by atoms with Crippen LogP contribution in [0.2, 0.25) is 0 Å². The van der Waals surface area contributed by atoms with E-state index in [-0.39, 0.29) is 30.5 Å². The largest absolute Gasteiger partial charge is 0.417 e. The Hall–Kier alpha value is -1.64. The van der Waals surface area contributed by atoms with Gasteiger partial charge in [-0.3, -0.25) is 4.79 Å². The lowest BCUT2D eigenvalue weighted by molar-refractivity contribution is -0.143. The summed E-state index contributed by atoms with van der Waals surface area (Å²) in [6.07, 6.45) is -6.40. The Labute approximate surface area is 157 Å². The van der Waals surface area contributed by atoms with Crippen LogP contribution >= 0.6 is 0 Å². The molecule has 1 heterocycles. The van der Waals surface area contributed by atoms with Crippen molar-refractivity contribution in [2.24, 2.45) is 5.92 Å². The number of carbonyl (C=O) groups excluding carboxylic acids is 1. The van der Waals surface area contributed by atoms with Gasteiger partial charge in [-0.1, -0.05) is 6.42 Å². The lowest BCUT2D eigenvalue weighted by Gasteiger charge is -2.29. The lowest BCUT2D eigenvalue weighted by Crippen LogP contribution is -2.36. The molecule has 0 amide bonds. The topological polar surface area (TPSA) is 20.3 Å². The van der Waals surface area contributed by atoms with Crippen molar-refractivity contribution in [3.8, 4) is 0 Å². The van der Waals surface area contributed by atoms with E-state index in [9.17, 15) is 35.5 Å². The second-order valence-corrected chi connectivity index (χ2v) is 7.50. The van der Waals surface area contributed by atoms with Gasteiger partial charge in [-0.15, -0.1) is 0 Å². The minimum Gasteiger partial charge on any atom is -0.300 e. The van der Waals surface area contributed by atoms with Gasteiger partial charge in [0.2, 0.25) is 0 Å². The van der Waals surface area contributed by atoms with Crippen molar-refractivity contribution in [1.82, 2.24) is 4.90 Å². The summed E-state index contributed by atoms with van der Waals surface area (Å²) >= 11 is 0. The number of carbonyl (C=O) groups is 1. The van der Waals surface area contributed by atoms with Crippen LogP contribution in [0.25, 0.3) is 0 Å². The first-order valence-corrected chi connectivity index (χ1v) is 9.23. The second kappa shape index (κ2) is 7.65. The standard InChI is InChI=1S/C19H20F7NO/c20-14-10-12(18(21,22)23)9-13(19(24,25)26)17(14)16(28)8-11-4-3-5-15(11)27-6-1-2-7-27/h9-11,15H,1-8H2/t11-,15-/m1/s1. The molecule has 0 bridgehead atoms. The Bertz CT molecular complexity index is 735. The van der Waals surface area contributed by atoms with E-state index in [2.05, 4.69) is 4.90 Å². The molecular formula is C19H20F7NO. The van der Waals surface area contributed by atoms with Gasteiger partial charge < -0.3 is 4.90 Å². The van der Waals surface area contributed by atoms with Gasteiger partial charge in [0.1, 0.15) is 5.82 Å². The molecule has 1 saturated carbocycles. The fourth-order valence-corrected chi connectivity index (χ4v) is 4.43. The van der Waals surface area contributed by atoms with Gasteiger partial charge in [-0.05, 0) is 56.8 Å². The molecule has 28 heavy (non-hydrogen) atoms. The predicted octanol–water partition coefficient (Wildman–Crippen LogP) is 5.70. The van der Waals surface area contributed by atoms with Crippen LogP contribution in [-0.4, -0.2) is 29.8 Å².